The summed E-state index contributed by atoms with van der Waals surface area (Å²) in [5.74, 6) is 1.04. The van der Waals surface area contributed by atoms with Gasteiger partial charge in [-0.3, -0.25) is 9.59 Å². The zero-order chi connectivity index (χ0) is 23.0. The van der Waals surface area contributed by atoms with Crippen LogP contribution in [0.15, 0.2) is 48.5 Å². The zero-order valence-corrected chi connectivity index (χ0v) is 19.0. The summed E-state index contributed by atoms with van der Waals surface area (Å²) in [6, 6.07) is 16.6. The minimum Gasteiger partial charge on any atom is -0.489 e. The molecule has 1 aliphatic heterocycles. The topological polar surface area (TPSA) is 82.4 Å². The van der Waals surface area contributed by atoms with Crippen LogP contribution in [0.3, 0.4) is 0 Å². The van der Waals surface area contributed by atoms with E-state index in [1.807, 2.05) is 29.2 Å². The Labute approximate surface area is 195 Å². The number of ether oxygens (including phenoxy) is 1. The monoisotopic (exact) mass is 445 g/mol. The lowest BCUT2D eigenvalue weighted by atomic mass is 9.87. The third-order valence-corrected chi connectivity index (χ3v) is 6.65. The second kappa shape index (κ2) is 11.0. The molecule has 1 saturated carbocycles. The van der Waals surface area contributed by atoms with Crippen LogP contribution in [-0.2, 0) is 11.4 Å². The Bertz CT molecular complexity index is 1020. The SMILES string of the molecule is N#Cc1cccc(OCc2cccc(C(=O)NC3CCN(C(=O)C4CCCCC4)CC3)c2)c1. The van der Waals surface area contributed by atoms with Gasteiger partial charge in [-0.1, -0.05) is 37.5 Å². The number of nitriles is 1. The summed E-state index contributed by atoms with van der Waals surface area (Å²) in [5.41, 5.74) is 2.03. The third-order valence-electron chi connectivity index (χ3n) is 6.65. The molecule has 0 unspecified atom stereocenters. The van der Waals surface area contributed by atoms with Crippen molar-refractivity contribution in [1.29, 1.82) is 5.26 Å². The number of benzene rings is 2. The summed E-state index contributed by atoms with van der Waals surface area (Å²) >= 11 is 0. The Hall–Kier alpha value is -3.33. The highest BCUT2D eigenvalue weighted by molar-refractivity contribution is 5.94. The van der Waals surface area contributed by atoms with Gasteiger partial charge < -0.3 is 15.0 Å². The van der Waals surface area contributed by atoms with Gasteiger partial charge in [0.05, 0.1) is 11.6 Å². The van der Waals surface area contributed by atoms with Gasteiger partial charge >= 0.3 is 0 Å². The number of likely N-dealkylation sites (tertiary alicyclic amines) is 1. The fourth-order valence-corrected chi connectivity index (χ4v) is 4.75. The molecule has 33 heavy (non-hydrogen) atoms. The fraction of sp³-hybridized carbons (Fsp3) is 0.444. The maximum atomic E-state index is 12.8. The van der Waals surface area contributed by atoms with Gasteiger partial charge in [-0.05, 0) is 61.6 Å². The maximum absolute atomic E-state index is 12.8. The van der Waals surface area contributed by atoms with Gasteiger partial charge in [0.15, 0.2) is 0 Å². The van der Waals surface area contributed by atoms with Gasteiger partial charge in [-0.2, -0.15) is 5.26 Å². The van der Waals surface area contributed by atoms with E-state index in [4.69, 9.17) is 10.00 Å². The molecule has 0 bridgehead atoms. The van der Waals surface area contributed by atoms with E-state index < -0.39 is 0 Å². The van der Waals surface area contributed by atoms with E-state index in [-0.39, 0.29) is 17.9 Å². The molecule has 0 radical (unpaired) electrons. The summed E-state index contributed by atoms with van der Waals surface area (Å²) in [5, 5.41) is 12.1. The lowest BCUT2D eigenvalue weighted by Gasteiger charge is -2.35. The fourth-order valence-electron chi connectivity index (χ4n) is 4.75. The second-order valence-corrected chi connectivity index (χ2v) is 9.04. The van der Waals surface area contributed by atoms with Gasteiger partial charge in [-0.15, -0.1) is 0 Å². The smallest absolute Gasteiger partial charge is 0.251 e. The highest BCUT2D eigenvalue weighted by Gasteiger charge is 2.29. The molecule has 6 heteroatoms. The van der Waals surface area contributed by atoms with E-state index in [2.05, 4.69) is 11.4 Å². The Balaban J connectivity index is 1.26. The molecule has 1 saturated heterocycles. The number of hydrogen-bond donors (Lipinski definition) is 1. The molecule has 1 heterocycles. The van der Waals surface area contributed by atoms with Gasteiger partial charge in [0.25, 0.3) is 5.91 Å². The number of rotatable bonds is 6. The predicted molar refractivity (Wildman–Crippen MR) is 126 cm³/mol. The Morgan fingerprint density at radius 1 is 1.00 bits per heavy atom. The molecule has 2 fully saturated rings. The molecule has 6 nitrogen and oxygen atoms in total. The number of nitrogens with zero attached hydrogens (tertiary/aromatic N) is 2. The first-order valence-corrected chi connectivity index (χ1v) is 11.9. The number of hydrogen-bond acceptors (Lipinski definition) is 4. The summed E-state index contributed by atoms with van der Waals surface area (Å²) in [7, 11) is 0. The molecule has 1 aliphatic carbocycles. The quantitative estimate of drug-likeness (QED) is 0.713. The van der Waals surface area contributed by atoms with Crippen molar-refractivity contribution in [2.45, 2.75) is 57.6 Å². The van der Waals surface area contributed by atoms with Crippen LogP contribution in [0, 0.1) is 17.2 Å². The molecule has 2 aromatic carbocycles. The number of carbonyl (C=O) groups is 2. The molecule has 0 atom stereocenters. The first-order chi connectivity index (χ1) is 16.1. The summed E-state index contributed by atoms with van der Waals surface area (Å²) in [6.45, 7) is 1.75. The summed E-state index contributed by atoms with van der Waals surface area (Å²) < 4.78 is 5.78. The number of carbonyl (C=O) groups excluding carboxylic acids is 2. The molecule has 0 spiro atoms. The van der Waals surface area contributed by atoms with E-state index in [1.54, 1.807) is 24.3 Å². The van der Waals surface area contributed by atoms with Crippen LogP contribution in [-0.4, -0.2) is 35.8 Å². The molecule has 2 aliphatic rings. The third kappa shape index (κ3) is 6.13. The van der Waals surface area contributed by atoms with Crippen LogP contribution < -0.4 is 10.1 Å². The van der Waals surface area contributed by atoms with E-state index in [9.17, 15) is 9.59 Å². The van der Waals surface area contributed by atoms with Crippen LogP contribution in [0.4, 0.5) is 0 Å². The minimum absolute atomic E-state index is 0.0848. The van der Waals surface area contributed by atoms with Crippen molar-refractivity contribution in [3.63, 3.8) is 0 Å². The van der Waals surface area contributed by atoms with E-state index in [0.717, 1.165) is 44.3 Å². The summed E-state index contributed by atoms with van der Waals surface area (Å²) in [4.78, 5) is 27.6. The van der Waals surface area contributed by atoms with Crippen LogP contribution in [0.2, 0.25) is 0 Å². The van der Waals surface area contributed by atoms with Crippen LogP contribution in [0.5, 0.6) is 5.75 Å². The van der Waals surface area contributed by atoms with Crippen molar-refractivity contribution in [3.8, 4) is 11.8 Å². The summed E-state index contributed by atoms with van der Waals surface area (Å²) in [6.07, 6.45) is 7.22. The van der Waals surface area contributed by atoms with Gasteiger partial charge in [0.2, 0.25) is 5.91 Å². The van der Waals surface area contributed by atoms with Crippen molar-refractivity contribution >= 4 is 11.8 Å². The molecular weight excluding hydrogens is 414 g/mol. The molecule has 172 valence electrons. The largest absolute Gasteiger partial charge is 0.489 e. The van der Waals surface area contributed by atoms with E-state index >= 15 is 0 Å². The molecule has 1 N–H and O–H groups in total. The lowest BCUT2D eigenvalue weighted by Crippen LogP contribution is -2.48. The molecule has 0 aromatic heterocycles. The Kier molecular flexibility index (Phi) is 7.62. The zero-order valence-electron chi connectivity index (χ0n) is 19.0. The average molecular weight is 446 g/mol. The van der Waals surface area contributed by atoms with Gasteiger partial charge in [0, 0.05) is 30.6 Å². The maximum Gasteiger partial charge on any atom is 0.251 e. The van der Waals surface area contributed by atoms with Crippen molar-refractivity contribution in [2.24, 2.45) is 5.92 Å². The van der Waals surface area contributed by atoms with Crippen molar-refractivity contribution in [1.82, 2.24) is 10.2 Å². The predicted octanol–water partition coefficient (Wildman–Crippen LogP) is 4.44. The highest BCUT2D eigenvalue weighted by atomic mass is 16.5. The van der Waals surface area contributed by atoms with E-state index in [0.29, 0.717) is 29.4 Å². The minimum atomic E-state index is -0.0969. The van der Waals surface area contributed by atoms with Gasteiger partial charge in [-0.25, -0.2) is 0 Å². The molecule has 2 amide bonds. The first kappa shape index (κ1) is 22.8. The normalized spacial score (nSPS) is 17.2. The standard InChI is InChI=1S/C27H31N3O3/c28-18-20-6-5-11-25(17-20)33-19-21-7-4-10-23(16-21)26(31)29-24-12-14-30(15-13-24)27(32)22-8-2-1-3-9-22/h4-7,10-11,16-17,22,24H,1-3,8-9,12-15,19H2,(H,29,31). The van der Waals surface area contributed by atoms with Gasteiger partial charge in [0.1, 0.15) is 12.4 Å². The van der Waals surface area contributed by atoms with Crippen molar-refractivity contribution in [3.05, 3.63) is 65.2 Å². The number of nitrogens with one attached hydrogen (secondary N) is 1. The van der Waals surface area contributed by atoms with Crippen LogP contribution >= 0.6 is 0 Å². The lowest BCUT2D eigenvalue weighted by molar-refractivity contribution is -0.137. The van der Waals surface area contributed by atoms with Crippen LogP contribution in [0.25, 0.3) is 0 Å². The average Bonchev–Trinajstić information content (AvgIpc) is 2.88. The van der Waals surface area contributed by atoms with E-state index in [1.165, 1.54) is 19.3 Å². The molecule has 4 rings (SSSR count). The second-order valence-electron chi connectivity index (χ2n) is 9.04. The van der Waals surface area contributed by atoms with Crippen LogP contribution in [0.1, 0.15) is 66.4 Å². The Morgan fingerprint density at radius 3 is 2.52 bits per heavy atom. The Morgan fingerprint density at radius 2 is 1.76 bits per heavy atom. The number of piperidine rings is 1. The van der Waals surface area contributed by atoms with Crippen molar-refractivity contribution < 1.29 is 14.3 Å². The molecule has 2 aromatic rings. The molecular formula is C27H31N3O3. The number of amides is 2. The highest BCUT2D eigenvalue weighted by Crippen LogP contribution is 2.26. The first-order valence-electron chi connectivity index (χ1n) is 11.9. The van der Waals surface area contributed by atoms with Crippen molar-refractivity contribution in [2.75, 3.05) is 13.1 Å².